The number of alkyl halides is 2. The van der Waals surface area contributed by atoms with Crippen LogP contribution in [0, 0.1) is 0 Å². The zero-order valence-corrected chi connectivity index (χ0v) is 19.3. The van der Waals surface area contributed by atoms with Gasteiger partial charge in [0.15, 0.2) is 0 Å². The number of rotatable bonds is 9. The molecule has 0 aliphatic carbocycles. The predicted molar refractivity (Wildman–Crippen MR) is 126 cm³/mol. The number of hydrogen-bond acceptors (Lipinski definition) is 5. The number of amides is 1. The van der Waals surface area contributed by atoms with Gasteiger partial charge in [-0.2, -0.15) is 5.10 Å². The van der Waals surface area contributed by atoms with E-state index in [9.17, 15) is 18.4 Å². The highest BCUT2D eigenvalue weighted by Crippen LogP contribution is 2.21. The summed E-state index contributed by atoms with van der Waals surface area (Å²) in [6, 6.07) is 9.25. The minimum absolute atomic E-state index is 0.0377. The van der Waals surface area contributed by atoms with Crippen LogP contribution in [0.15, 0.2) is 47.5 Å². The number of likely N-dealkylation sites (tertiary alicyclic amines) is 1. The minimum atomic E-state index is -2.56. The lowest BCUT2D eigenvalue weighted by molar-refractivity contribution is -0.122. The fourth-order valence-corrected chi connectivity index (χ4v) is 4.49. The summed E-state index contributed by atoms with van der Waals surface area (Å²) in [5.74, 6) is -0.398. The second-order valence-electron chi connectivity index (χ2n) is 8.44. The van der Waals surface area contributed by atoms with Crippen LogP contribution in [-0.4, -0.2) is 57.7 Å². The smallest absolute Gasteiger partial charge is 0.274 e. The zero-order valence-electron chi connectivity index (χ0n) is 18.6. The highest BCUT2D eigenvalue weighted by molar-refractivity contribution is 6.30. The van der Waals surface area contributed by atoms with E-state index in [1.807, 2.05) is 24.3 Å². The molecule has 1 saturated heterocycles. The number of carbonyl (C=O) groups is 1. The Morgan fingerprint density at radius 1 is 1.21 bits per heavy atom. The Labute approximate surface area is 200 Å². The number of pyridine rings is 1. The van der Waals surface area contributed by atoms with E-state index in [0.29, 0.717) is 29.9 Å². The highest BCUT2D eigenvalue weighted by Gasteiger charge is 2.26. The maximum absolute atomic E-state index is 13.2. The summed E-state index contributed by atoms with van der Waals surface area (Å²) >= 11 is 6.01. The Balaban J connectivity index is 1.53. The van der Waals surface area contributed by atoms with Crippen molar-refractivity contribution in [2.24, 2.45) is 0 Å². The summed E-state index contributed by atoms with van der Waals surface area (Å²) in [5, 5.41) is 8.87. The van der Waals surface area contributed by atoms with E-state index in [0.717, 1.165) is 36.0 Å². The molecule has 1 aliphatic heterocycles. The molecule has 0 saturated carbocycles. The van der Waals surface area contributed by atoms with Gasteiger partial charge < -0.3 is 5.32 Å². The molecule has 0 spiro atoms. The van der Waals surface area contributed by atoms with Crippen molar-refractivity contribution < 1.29 is 13.6 Å². The average molecular weight is 490 g/mol. The number of aromatic nitrogens is 3. The number of fused-ring (bicyclic) bond motifs is 1. The van der Waals surface area contributed by atoms with Crippen molar-refractivity contribution in [1.29, 1.82) is 0 Å². The van der Waals surface area contributed by atoms with Gasteiger partial charge in [-0.3, -0.25) is 19.5 Å². The van der Waals surface area contributed by atoms with Gasteiger partial charge in [0.05, 0.1) is 24.2 Å². The Bertz CT molecular complexity index is 1200. The molecule has 3 aromatic rings. The summed E-state index contributed by atoms with van der Waals surface area (Å²) in [6.45, 7) is 0.994. The van der Waals surface area contributed by atoms with Crippen LogP contribution in [0.5, 0.6) is 0 Å². The van der Waals surface area contributed by atoms with Crippen molar-refractivity contribution >= 4 is 28.3 Å². The van der Waals surface area contributed by atoms with Gasteiger partial charge in [-0.05, 0) is 43.1 Å². The lowest BCUT2D eigenvalue weighted by Gasteiger charge is -2.24. The van der Waals surface area contributed by atoms with Gasteiger partial charge in [-0.25, -0.2) is 13.5 Å². The van der Waals surface area contributed by atoms with Crippen LogP contribution in [0.1, 0.15) is 30.5 Å². The third kappa shape index (κ3) is 5.95. The van der Waals surface area contributed by atoms with Crippen molar-refractivity contribution in [3.8, 4) is 0 Å². The molecule has 7 nitrogen and oxygen atoms in total. The van der Waals surface area contributed by atoms with Crippen molar-refractivity contribution in [3.05, 3.63) is 69.4 Å². The zero-order chi connectivity index (χ0) is 24.1. The lowest BCUT2D eigenvalue weighted by Crippen LogP contribution is -2.39. The molecule has 34 heavy (non-hydrogen) atoms. The first-order valence-corrected chi connectivity index (χ1v) is 11.7. The molecule has 1 atom stereocenters. The van der Waals surface area contributed by atoms with E-state index in [1.165, 1.54) is 4.68 Å². The van der Waals surface area contributed by atoms with E-state index in [-0.39, 0.29) is 18.0 Å². The Morgan fingerprint density at radius 3 is 2.76 bits per heavy atom. The summed E-state index contributed by atoms with van der Waals surface area (Å²) in [4.78, 5) is 31.4. The fraction of sp³-hybridized carbons (Fsp3) is 0.417. The summed E-state index contributed by atoms with van der Waals surface area (Å²) in [7, 11) is 0. The first-order valence-electron chi connectivity index (χ1n) is 11.3. The van der Waals surface area contributed by atoms with E-state index in [1.54, 1.807) is 18.5 Å². The minimum Gasteiger partial charge on any atom is -0.350 e. The van der Waals surface area contributed by atoms with Crippen LogP contribution in [0.4, 0.5) is 8.78 Å². The van der Waals surface area contributed by atoms with E-state index >= 15 is 0 Å². The SMILES string of the molecule is O=C(CCN1CCCC1Cn1nc(Cc2ccc(Cl)cc2)c2cnccc2c1=O)NCC(F)F. The molecule has 1 unspecified atom stereocenters. The molecule has 1 fully saturated rings. The topological polar surface area (TPSA) is 80.1 Å². The van der Waals surface area contributed by atoms with Crippen LogP contribution in [0.25, 0.3) is 10.8 Å². The van der Waals surface area contributed by atoms with E-state index < -0.39 is 18.9 Å². The summed E-state index contributed by atoms with van der Waals surface area (Å²) < 4.78 is 26.1. The average Bonchev–Trinajstić information content (AvgIpc) is 3.27. The molecule has 4 rings (SSSR count). The molecule has 1 aromatic carbocycles. The third-order valence-electron chi connectivity index (χ3n) is 6.09. The molecule has 10 heteroatoms. The quantitative estimate of drug-likeness (QED) is 0.499. The number of halogens is 3. The van der Waals surface area contributed by atoms with Crippen molar-refractivity contribution in [1.82, 2.24) is 25.0 Å². The maximum Gasteiger partial charge on any atom is 0.274 e. The molecular formula is C24H26ClF2N5O2. The number of hydrogen-bond donors (Lipinski definition) is 1. The van der Waals surface area contributed by atoms with Gasteiger partial charge in [0.1, 0.15) is 0 Å². The van der Waals surface area contributed by atoms with Crippen molar-refractivity contribution in [3.63, 3.8) is 0 Å². The van der Waals surface area contributed by atoms with E-state index in [2.05, 4.69) is 15.2 Å². The summed E-state index contributed by atoms with van der Waals surface area (Å²) in [6.07, 6.45) is 3.17. The number of carbonyl (C=O) groups excluding carboxylic acids is 1. The maximum atomic E-state index is 13.2. The molecule has 0 bridgehead atoms. The first kappa shape index (κ1) is 24.2. The van der Waals surface area contributed by atoms with Crippen molar-refractivity contribution in [2.45, 2.75) is 44.7 Å². The summed E-state index contributed by atoms with van der Waals surface area (Å²) in [5.41, 5.74) is 1.59. The molecule has 1 aliphatic rings. The van der Waals surface area contributed by atoms with Crippen LogP contribution >= 0.6 is 11.6 Å². The molecule has 0 radical (unpaired) electrons. The normalized spacial score (nSPS) is 16.4. The predicted octanol–water partition coefficient (Wildman–Crippen LogP) is 3.27. The molecule has 2 aromatic heterocycles. The molecule has 1 amide bonds. The van der Waals surface area contributed by atoms with Crippen LogP contribution in [0.2, 0.25) is 5.02 Å². The fourth-order valence-electron chi connectivity index (χ4n) is 4.37. The van der Waals surface area contributed by atoms with Crippen molar-refractivity contribution in [2.75, 3.05) is 19.6 Å². The second-order valence-corrected chi connectivity index (χ2v) is 8.87. The van der Waals surface area contributed by atoms with Crippen LogP contribution in [-0.2, 0) is 17.8 Å². The van der Waals surface area contributed by atoms with E-state index in [4.69, 9.17) is 16.7 Å². The van der Waals surface area contributed by atoms with Crippen LogP contribution in [0.3, 0.4) is 0 Å². The Hall–Kier alpha value is -2.91. The molecule has 3 heterocycles. The van der Waals surface area contributed by atoms with Gasteiger partial charge in [0, 0.05) is 48.2 Å². The molecule has 1 N–H and O–H groups in total. The van der Waals surface area contributed by atoms with Gasteiger partial charge in [-0.15, -0.1) is 0 Å². The van der Waals surface area contributed by atoms with Gasteiger partial charge in [0.25, 0.3) is 12.0 Å². The third-order valence-corrected chi connectivity index (χ3v) is 6.34. The lowest BCUT2D eigenvalue weighted by atomic mass is 10.1. The van der Waals surface area contributed by atoms with Gasteiger partial charge >= 0.3 is 0 Å². The standard InChI is InChI=1S/C24H26ClF2N5O2/c25-17-5-3-16(4-6-17)12-21-20-13-28-9-7-19(20)24(34)32(30-21)15-18-2-1-10-31(18)11-8-23(33)29-14-22(26)27/h3-7,9,13,18,22H,1-2,8,10-12,14-15H2,(H,29,33). The number of nitrogens with zero attached hydrogens (tertiary/aromatic N) is 4. The monoisotopic (exact) mass is 489 g/mol. The first-order chi connectivity index (χ1) is 16.4. The number of nitrogens with one attached hydrogen (secondary N) is 1. The second kappa shape index (κ2) is 11.0. The molecule has 180 valence electrons. The molecular weight excluding hydrogens is 464 g/mol. The number of benzene rings is 1. The Kier molecular flexibility index (Phi) is 7.84. The Morgan fingerprint density at radius 2 is 2.00 bits per heavy atom. The highest BCUT2D eigenvalue weighted by atomic mass is 35.5. The van der Waals surface area contributed by atoms with Crippen LogP contribution < -0.4 is 10.9 Å². The van der Waals surface area contributed by atoms with Gasteiger partial charge in [0.2, 0.25) is 5.91 Å². The van der Waals surface area contributed by atoms with Gasteiger partial charge in [-0.1, -0.05) is 23.7 Å². The largest absolute Gasteiger partial charge is 0.350 e.